The summed E-state index contributed by atoms with van der Waals surface area (Å²) in [5.41, 5.74) is 0. The Kier molecular flexibility index (Phi) is 5.68. The van der Waals surface area contributed by atoms with Crippen LogP contribution in [0.1, 0.15) is 19.3 Å². The average molecular weight is 249 g/mol. The van der Waals surface area contributed by atoms with Gasteiger partial charge in [0.2, 0.25) is 10.0 Å². The highest BCUT2D eigenvalue weighted by molar-refractivity contribution is 7.89. The first-order valence-corrected chi connectivity index (χ1v) is 7.52. The first-order chi connectivity index (χ1) is 7.53. The van der Waals surface area contributed by atoms with Crippen molar-refractivity contribution in [2.45, 2.75) is 25.3 Å². The minimum Gasteiger partial charge on any atom is -0.320 e. The van der Waals surface area contributed by atoms with Gasteiger partial charge in [0.25, 0.3) is 0 Å². The summed E-state index contributed by atoms with van der Waals surface area (Å²) in [6.07, 6.45) is 2.55. The summed E-state index contributed by atoms with van der Waals surface area (Å²) >= 11 is 0. The summed E-state index contributed by atoms with van der Waals surface area (Å²) in [5.74, 6) is 0.245. The smallest absolute Gasteiger partial charge is 0.211 e. The van der Waals surface area contributed by atoms with Gasteiger partial charge in [-0.05, 0) is 46.4 Å². The van der Waals surface area contributed by atoms with Crippen LogP contribution in [0.15, 0.2) is 0 Å². The molecular formula is C10H23N3O2S. The SMILES string of the molecule is CNCCCCS(=O)(=O)NC1CCN(C)C1. The van der Waals surface area contributed by atoms with Gasteiger partial charge in [0, 0.05) is 12.6 Å². The number of hydrogen-bond donors (Lipinski definition) is 2. The summed E-state index contributed by atoms with van der Waals surface area (Å²) in [5, 5.41) is 3.01. The molecule has 0 aromatic rings. The summed E-state index contributed by atoms with van der Waals surface area (Å²) in [6.45, 7) is 2.68. The highest BCUT2D eigenvalue weighted by Gasteiger charge is 2.23. The standard InChI is InChI=1S/C10H23N3O2S/c1-11-6-3-4-8-16(14,15)12-10-5-7-13(2)9-10/h10-12H,3-9H2,1-2H3. The molecule has 6 heteroatoms. The van der Waals surface area contributed by atoms with Crippen molar-refractivity contribution in [3.05, 3.63) is 0 Å². The molecule has 0 aliphatic carbocycles. The van der Waals surface area contributed by atoms with Gasteiger partial charge in [0.1, 0.15) is 0 Å². The molecule has 0 aromatic carbocycles. The van der Waals surface area contributed by atoms with E-state index in [-0.39, 0.29) is 11.8 Å². The van der Waals surface area contributed by atoms with E-state index in [1.54, 1.807) is 0 Å². The highest BCUT2D eigenvalue weighted by atomic mass is 32.2. The first-order valence-electron chi connectivity index (χ1n) is 5.86. The Bertz CT molecular complexity index is 292. The predicted molar refractivity (Wildman–Crippen MR) is 66.0 cm³/mol. The fraction of sp³-hybridized carbons (Fsp3) is 1.00. The number of hydrogen-bond acceptors (Lipinski definition) is 4. The summed E-state index contributed by atoms with van der Waals surface area (Å²) < 4.78 is 26.2. The van der Waals surface area contributed by atoms with Gasteiger partial charge in [0.05, 0.1) is 5.75 Å². The van der Waals surface area contributed by atoms with Crippen LogP contribution in [-0.4, -0.2) is 58.8 Å². The predicted octanol–water partition coefficient (Wildman–Crippen LogP) is -0.390. The van der Waals surface area contributed by atoms with Gasteiger partial charge in [-0.15, -0.1) is 0 Å². The molecule has 0 aromatic heterocycles. The van der Waals surface area contributed by atoms with Gasteiger partial charge in [-0.1, -0.05) is 0 Å². The molecule has 0 saturated carbocycles. The highest BCUT2D eigenvalue weighted by Crippen LogP contribution is 2.08. The number of rotatable bonds is 7. The molecule has 0 amide bonds. The van der Waals surface area contributed by atoms with Crippen LogP contribution in [0.5, 0.6) is 0 Å². The van der Waals surface area contributed by atoms with Crippen molar-refractivity contribution in [3.8, 4) is 0 Å². The van der Waals surface area contributed by atoms with Crippen molar-refractivity contribution >= 4 is 10.0 Å². The van der Waals surface area contributed by atoms with E-state index in [0.717, 1.165) is 38.9 Å². The van der Waals surface area contributed by atoms with Gasteiger partial charge < -0.3 is 10.2 Å². The Morgan fingerprint density at radius 2 is 2.12 bits per heavy atom. The van der Waals surface area contributed by atoms with Crippen LogP contribution < -0.4 is 10.0 Å². The molecule has 1 saturated heterocycles. The molecule has 16 heavy (non-hydrogen) atoms. The molecule has 1 atom stereocenters. The maximum atomic E-state index is 11.7. The minimum absolute atomic E-state index is 0.110. The third-order valence-electron chi connectivity index (χ3n) is 2.83. The van der Waals surface area contributed by atoms with Crippen LogP contribution in [0.25, 0.3) is 0 Å². The van der Waals surface area contributed by atoms with Gasteiger partial charge in [-0.2, -0.15) is 0 Å². The zero-order valence-electron chi connectivity index (χ0n) is 10.2. The molecule has 2 N–H and O–H groups in total. The van der Waals surface area contributed by atoms with E-state index in [4.69, 9.17) is 0 Å². The molecule has 1 aliphatic heterocycles. The summed E-state index contributed by atoms with van der Waals surface area (Å²) in [7, 11) is 0.818. The van der Waals surface area contributed by atoms with Crippen molar-refractivity contribution in [2.24, 2.45) is 0 Å². The molecule has 1 heterocycles. The Morgan fingerprint density at radius 3 is 2.69 bits per heavy atom. The Labute approximate surface area is 98.6 Å². The van der Waals surface area contributed by atoms with E-state index < -0.39 is 10.0 Å². The van der Waals surface area contributed by atoms with E-state index in [9.17, 15) is 8.42 Å². The molecule has 1 aliphatic rings. The van der Waals surface area contributed by atoms with E-state index in [1.165, 1.54) is 0 Å². The van der Waals surface area contributed by atoms with Crippen LogP contribution >= 0.6 is 0 Å². The largest absolute Gasteiger partial charge is 0.320 e. The minimum atomic E-state index is -3.07. The van der Waals surface area contributed by atoms with E-state index in [1.807, 2.05) is 14.1 Å². The van der Waals surface area contributed by atoms with Crippen LogP contribution in [-0.2, 0) is 10.0 Å². The first kappa shape index (κ1) is 13.9. The lowest BCUT2D eigenvalue weighted by Crippen LogP contribution is -2.37. The van der Waals surface area contributed by atoms with E-state index in [2.05, 4.69) is 14.9 Å². The number of sulfonamides is 1. The average Bonchev–Trinajstić information content (AvgIpc) is 2.58. The van der Waals surface area contributed by atoms with Crippen LogP contribution in [0.2, 0.25) is 0 Å². The van der Waals surface area contributed by atoms with Gasteiger partial charge in [-0.25, -0.2) is 13.1 Å². The lowest BCUT2D eigenvalue weighted by atomic mass is 10.3. The van der Waals surface area contributed by atoms with Crippen LogP contribution in [0.3, 0.4) is 0 Å². The summed E-state index contributed by atoms with van der Waals surface area (Å²) in [6, 6.07) is 0.110. The Balaban J connectivity index is 2.23. The molecular weight excluding hydrogens is 226 g/mol. The number of unbranched alkanes of at least 4 members (excludes halogenated alkanes) is 1. The maximum absolute atomic E-state index is 11.7. The quantitative estimate of drug-likeness (QED) is 0.603. The number of likely N-dealkylation sites (tertiary alicyclic amines) is 1. The lowest BCUT2D eigenvalue weighted by Gasteiger charge is -2.13. The topological polar surface area (TPSA) is 61.4 Å². The number of nitrogens with zero attached hydrogens (tertiary/aromatic N) is 1. The van der Waals surface area contributed by atoms with Gasteiger partial charge in [0.15, 0.2) is 0 Å². The van der Waals surface area contributed by atoms with Gasteiger partial charge in [-0.3, -0.25) is 0 Å². The normalized spacial score (nSPS) is 22.8. The van der Waals surface area contributed by atoms with Crippen molar-refractivity contribution in [1.29, 1.82) is 0 Å². The number of likely N-dealkylation sites (N-methyl/N-ethyl adjacent to an activating group) is 1. The second kappa shape index (κ2) is 6.54. The van der Waals surface area contributed by atoms with Crippen LogP contribution in [0.4, 0.5) is 0 Å². The zero-order valence-corrected chi connectivity index (χ0v) is 11.0. The Hall–Kier alpha value is -0.170. The molecule has 1 rings (SSSR count). The fourth-order valence-corrected chi connectivity index (χ4v) is 3.34. The molecule has 5 nitrogen and oxygen atoms in total. The maximum Gasteiger partial charge on any atom is 0.211 e. The van der Waals surface area contributed by atoms with Crippen molar-refractivity contribution in [1.82, 2.24) is 14.9 Å². The monoisotopic (exact) mass is 249 g/mol. The van der Waals surface area contributed by atoms with Gasteiger partial charge >= 0.3 is 0 Å². The van der Waals surface area contributed by atoms with E-state index >= 15 is 0 Å². The molecule has 1 fully saturated rings. The second-order valence-electron chi connectivity index (χ2n) is 4.50. The third-order valence-corrected chi connectivity index (χ3v) is 4.35. The summed E-state index contributed by atoms with van der Waals surface area (Å²) in [4.78, 5) is 2.15. The van der Waals surface area contributed by atoms with Crippen molar-refractivity contribution < 1.29 is 8.42 Å². The lowest BCUT2D eigenvalue weighted by molar-refractivity contribution is 0.407. The molecule has 0 bridgehead atoms. The van der Waals surface area contributed by atoms with E-state index in [0.29, 0.717) is 0 Å². The fourth-order valence-electron chi connectivity index (χ4n) is 1.94. The molecule has 1 unspecified atom stereocenters. The third kappa shape index (κ3) is 5.25. The van der Waals surface area contributed by atoms with Crippen molar-refractivity contribution in [2.75, 3.05) is 39.5 Å². The number of nitrogens with one attached hydrogen (secondary N) is 2. The van der Waals surface area contributed by atoms with Crippen LogP contribution in [0, 0.1) is 0 Å². The van der Waals surface area contributed by atoms with Crippen molar-refractivity contribution in [3.63, 3.8) is 0 Å². The molecule has 0 spiro atoms. The molecule has 0 radical (unpaired) electrons. The second-order valence-corrected chi connectivity index (χ2v) is 6.37. The Morgan fingerprint density at radius 1 is 1.38 bits per heavy atom. The molecule has 96 valence electrons. The zero-order chi connectivity index (χ0) is 12.0.